The summed E-state index contributed by atoms with van der Waals surface area (Å²) < 4.78 is 6.21. The average molecular weight is 221 g/mol. The molecule has 0 N–H and O–H groups in total. The first-order valence-corrected chi connectivity index (χ1v) is 8.82. The Hall–Kier alpha value is 0.467. The molecule has 0 aliphatic carbocycles. The van der Waals surface area contributed by atoms with E-state index >= 15 is 0 Å². The molecule has 1 rings (SSSR count). The largest absolute Gasteiger partial charge is 0.397 e. The fourth-order valence-electron chi connectivity index (χ4n) is 2.16. The van der Waals surface area contributed by atoms with Gasteiger partial charge in [0.05, 0.1) is 5.60 Å². The van der Waals surface area contributed by atoms with E-state index in [0.29, 0.717) is 0 Å². The molecule has 1 heterocycles. The van der Waals surface area contributed by atoms with Gasteiger partial charge in [-0.3, -0.25) is 0 Å². The molecule has 1 nitrogen and oxygen atoms in total. The van der Waals surface area contributed by atoms with Gasteiger partial charge in [-0.15, -0.1) is 11.1 Å². The molecule has 13 heavy (non-hydrogen) atoms. The second-order valence-corrected chi connectivity index (χ2v) is 9.33. The summed E-state index contributed by atoms with van der Waals surface area (Å²) in [7, 11) is -1.82. The van der Waals surface area contributed by atoms with E-state index in [1.165, 1.54) is 12.8 Å². The molecule has 0 radical (unpaired) electrons. The molecule has 78 valence electrons. The van der Waals surface area contributed by atoms with Gasteiger partial charge in [-0.25, -0.2) is 0 Å². The quantitative estimate of drug-likeness (QED) is 0.515. The van der Waals surface area contributed by atoms with Crippen molar-refractivity contribution >= 4 is 18.7 Å². The van der Waals surface area contributed by atoms with Crippen LogP contribution in [0.3, 0.4) is 0 Å². The Bertz CT molecular complexity index is 170. The number of rotatable bonds is 3. The highest BCUT2D eigenvalue weighted by Crippen LogP contribution is 2.41. The maximum absolute atomic E-state index is 6.52. The third kappa shape index (κ3) is 2.48. The second kappa shape index (κ2) is 4.33. The normalized spacial score (nSPS) is 33.2. The van der Waals surface area contributed by atoms with Crippen molar-refractivity contribution in [1.29, 1.82) is 0 Å². The minimum Gasteiger partial charge on any atom is -0.397 e. The van der Waals surface area contributed by atoms with Gasteiger partial charge < -0.3 is 4.43 Å². The molecule has 0 saturated carbocycles. The molecule has 0 spiro atoms. The van der Waals surface area contributed by atoms with E-state index in [1.807, 2.05) is 0 Å². The molecule has 0 aromatic rings. The van der Waals surface area contributed by atoms with Crippen LogP contribution in [0.15, 0.2) is 0 Å². The molecule has 1 fully saturated rings. The van der Waals surface area contributed by atoms with E-state index in [-0.39, 0.29) is 5.60 Å². The molecule has 3 heteroatoms. The van der Waals surface area contributed by atoms with Gasteiger partial charge in [-0.1, -0.05) is 20.8 Å². The Morgan fingerprint density at radius 1 is 1.31 bits per heavy atom. The maximum Gasteiger partial charge on any atom is 0.290 e. The van der Waals surface area contributed by atoms with E-state index < -0.39 is 7.63 Å². The minimum absolute atomic E-state index is 0.127. The fraction of sp³-hybridized carbons (Fsp3) is 1.00. The Balaban J connectivity index is 2.69. The zero-order chi connectivity index (χ0) is 9.95. The Labute approximate surface area is 87.6 Å². The van der Waals surface area contributed by atoms with Gasteiger partial charge in [0.1, 0.15) is 0 Å². The van der Waals surface area contributed by atoms with Crippen LogP contribution < -0.4 is 0 Å². The lowest BCUT2D eigenvalue weighted by atomic mass is 9.92. The molecule has 0 aromatic heterocycles. The van der Waals surface area contributed by atoms with Gasteiger partial charge in [0.2, 0.25) is 0 Å². The second-order valence-electron chi connectivity index (χ2n) is 4.08. The average Bonchev–Trinajstić information content (AvgIpc) is 2.18. The van der Waals surface area contributed by atoms with Crippen molar-refractivity contribution < 1.29 is 4.43 Å². The van der Waals surface area contributed by atoms with Crippen LogP contribution in [0.25, 0.3) is 0 Å². The minimum atomic E-state index is -1.82. The summed E-state index contributed by atoms with van der Waals surface area (Å²) in [5, 5.41) is 0. The predicted molar refractivity (Wildman–Crippen MR) is 60.5 cm³/mol. The van der Waals surface area contributed by atoms with Crippen LogP contribution in [-0.4, -0.2) is 13.2 Å². The standard InChI is InChI=1S/C10H21ClOSi/c1-4-10(5-2)8-7-9-13(11,6-3)12-10/h4-9H2,1-3H3. The van der Waals surface area contributed by atoms with E-state index in [9.17, 15) is 0 Å². The highest BCUT2D eigenvalue weighted by Gasteiger charge is 2.43. The van der Waals surface area contributed by atoms with Gasteiger partial charge in [0.15, 0.2) is 0 Å². The van der Waals surface area contributed by atoms with Gasteiger partial charge in [0.25, 0.3) is 7.63 Å². The first-order valence-electron chi connectivity index (χ1n) is 5.49. The van der Waals surface area contributed by atoms with E-state index in [2.05, 4.69) is 20.8 Å². The smallest absolute Gasteiger partial charge is 0.290 e. The molecular weight excluding hydrogens is 200 g/mol. The van der Waals surface area contributed by atoms with Crippen molar-refractivity contribution in [2.45, 2.75) is 64.1 Å². The van der Waals surface area contributed by atoms with Crippen molar-refractivity contribution in [3.05, 3.63) is 0 Å². The first-order chi connectivity index (χ1) is 6.10. The van der Waals surface area contributed by atoms with Crippen molar-refractivity contribution in [3.63, 3.8) is 0 Å². The fourth-order valence-corrected chi connectivity index (χ4v) is 5.52. The Morgan fingerprint density at radius 2 is 1.92 bits per heavy atom. The lowest BCUT2D eigenvalue weighted by Crippen LogP contribution is -2.47. The number of halogens is 1. The van der Waals surface area contributed by atoms with Crippen LogP contribution in [0.2, 0.25) is 12.1 Å². The van der Waals surface area contributed by atoms with Crippen LogP contribution in [0.4, 0.5) is 0 Å². The van der Waals surface area contributed by atoms with Gasteiger partial charge >= 0.3 is 0 Å². The highest BCUT2D eigenvalue weighted by molar-refractivity contribution is 7.16. The Kier molecular flexibility index (Phi) is 3.84. The summed E-state index contributed by atoms with van der Waals surface area (Å²) in [6.45, 7) is 6.60. The molecule has 1 unspecified atom stereocenters. The summed E-state index contributed by atoms with van der Waals surface area (Å²) in [4.78, 5) is 0. The lowest BCUT2D eigenvalue weighted by Gasteiger charge is -2.43. The molecule has 0 bridgehead atoms. The van der Waals surface area contributed by atoms with Crippen LogP contribution in [0, 0.1) is 0 Å². The van der Waals surface area contributed by atoms with Crippen molar-refractivity contribution in [2.24, 2.45) is 0 Å². The van der Waals surface area contributed by atoms with Gasteiger partial charge in [-0.2, -0.15) is 0 Å². The van der Waals surface area contributed by atoms with Crippen molar-refractivity contribution in [2.75, 3.05) is 0 Å². The molecular formula is C10H21ClOSi. The molecule has 1 saturated heterocycles. The van der Waals surface area contributed by atoms with Gasteiger partial charge in [-0.05, 0) is 37.8 Å². The number of hydrogen-bond acceptors (Lipinski definition) is 1. The Morgan fingerprint density at radius 3 is 2.38 bits per heavy atom. The third-order valence-corrected chi connectivity index (χ3v) is 7.95. The van der Waals surface area contributed by atoms with Crippen molar-refractivity contribution in [1.82, 2.24) is 0 Å². The van der Waals surface area contributed by atoms with Crippen molar-refractivity contribution in [3.8, 4) is 0 Å². The lowest BCUT2D eigenvalue weighted by molar-refractivity contribution is 0.0298. The van der Waals surface area contributed by atoms with Crippen LogP contribution in [0.1, 0.15) is 46.5 Å². The summed E-state index contributed by atoms with van der Waals surface area (Å²) in [5.74, 6) is 0. The van der Waals surface area contributed by atoms with Gasteiger partial charge in [0, 0.05) is 0 Å². The maximum atomic E-state index is 6.52. The summed E-state index contributed by atoms with van der Waals surface area (Å²) in [6.07, 6.45) is 4.71. The SMILES string of the molecule is CCC1(CC)CCC[Si](Cl)(CC)O1. The molecule has 0 amide bonds. The highest BCUT2D eigenvalue weighted by atomic mass is 35.6. The number of hydrogen-bond donors (Lipinski definition) is 0. The van der Waals surface area contributed by atoms with Crippen LogP contribution in [0.5, 0.6) is 0 Å². The van der Waals surface area contributed by atoms with Crippen LogP contribution in [-0.2, 0) is 4.43 Å². The van der Waals surface area contributed by atoms with E-state index in [0.717, 1.165) is 24.9 Å². The third-order valence-electron chi connectivity index (χ3n) is 3.40. The zero-order valence-electron chi connectivity index (χ0n) is 9.03. The van der Waals surface area contributed by atoms with Crippen LogP contribution >= 0.6 is 11.1 Å². The molecule has 0 aromatic carbocycles. The summed E-state index contributed by atoms with van der Waals surface area (Å²) in [5.41, 5.74) is 0.127. The molecule has 1 aliphatic rings. The summed E-state index contributed by atoms with van der Waals surface area (Å²) in [6, 6.07) is 2.20. The molecule has 1 atom stereocenters. The van der Waals surface area contributed by atoms with E-state index in [4.69, 9.17) is 15.5 Å². The van der Waals surface area contributed by atoms with E-state index in [1.54, 1.807) is 0 Å². The topological polar surface area (TPSA) is 9.23 Å². The first kappa shape index (κ1) is 11.5. The predicted octanol–water partition coefficient (Wildman–Crippen LogP) is 4.06. The monoisotopic (exact) mass is 220 g/mol. The molecule has 1 aliphatic heterocycles. The summed E-state index contributed by atoms with van der Waals surface area (Å²) >= 11 is 6.52. The zero-order valence-corrected chi connectivity index (χ0v) is 10.8.